The van der Waals surface area contributed by atoms with Crippen LogP contribution in [0.2, 0.25) is 0 Å². The molecular weight excluding hydrogens is 300 g/mol. The highest BCUT2D eigenvalue weighted by Gasteiger charge is 2.29. The topological polar surface area (TPSA) is 59.5 Å². The minimum absolute atomic E-state index is 0.145. The van der Waals surface area contributed by atoms with Crippen LogP contribution in [0, 0.1) is 0 Å². The van der Waals surface area contributed by atoms with Gasteiger partial charge in [0.15, 0.2) is 0 Å². The molecule has 6 heteroatoms. The van der Waals surface area contributed by atoms with Crippen molar-refractivity contribution in [1.29, 1.82) is 0 Å². The SMILES string of the molecule is CC(C)(C)OC(=O)N1CCC([S@](=O)Cc2ccncc2)CC1. The molecule has 0 saturated carbocycles. The van der Waals surface area contributed by atoms with E-state index in [2.05, 4.69) is 4.98 Å². The van der Waals surface area contributed by atoms with Gasteiger partial charge in [-0.25, -0.2) is 4.79 Å². The third-order valence-electron chi connectivity index (χ3n) is 3.52. The number of pyridine rings is 1. The van der Waals surface area contributed by atoms with Crippen LogP contribution in [0.25, 0.3) is 0 Å². The second kappa shape index (κ2) is 7.22. The van der Waals surface area contributed by atoms with Crippen molar-refractivity contribution in [3.05, 3.63) is 30.1 Å². The number of hydrogen-bond donors (Lipinski definition) is 0. The fraction of sp³-hybridized carbons (Fsp3) is 0.625. The summed E-state index contributed by atoms with van der Waals surface area (Å²) in [6.45, 7) is 6.81. The van der Waals surface area contributed by atoms with Gasteiger partial charge in [-0.1, -0.05) is 0 Å². The van der Waals surface area contributed by atoms with Crippen LogP contribution in [-0.2, 0) is 21.3 Å². The maximum Gasteiger partial charge on any atom is 0.410 e. The first-order valence-corrected chi connectivity index (χ1v) is 8.97. The summed E-state index contributed by atoms with van der Waals surface area (Å²) in [6.07, 6.45) is 4.69. The summed E-state index contributed by atoms with van der Waals surface area (Å²) in [5.41, 5.74) is 0.570. The molecule has 1 aliphatic rings. The second-order valence-corrected chi connectivity index (χ2v) is 8.26. The summed E-state index contributed by atoms with van der Waals surface area (Å²) >= 11 is 0. The molecular formula is C16H24N2O3S. The van der Waals surface area contributed by atoms with Crippen molar-refractivity contribution in [2.75, 3.05) is 13.1 Å². The highest BCUT2D eigenvalue weighted by Crippen LogP contribution is 2.20. The van der Waals surface area contributed by atoms with Crippen LogP contribution < -0.4 is 0 Å². The summed E-state index contributed by atoms with van der Waals surface area (Å²) in [5, 5.41) is 0.145. The van der Waals surface area contributed by atoms with E-state index in [0.717, 1.165) is 18.4 Å². The zero-order valence-electron chi connectivity index (χ0n) is 13.4. The first-order valence-electron chi connectivity index (χ1n) is 7.59. The molecule has 1 aromatic rings. The van der Waals surface area contributed by atoms with Crippen LogP contribution in [0.3, 0.4) is 0 Å². The Morgan fingerprint density at radius 3 is 2.45 bits per heavy atom. The van der Waals surface area contributed by atoms with E-state index in [1.807, 2.05) is 32.9 Å². The monoisotopic (exact) mass is 324 g/mol. The van der Waals surface area contributed by atoms with Crippen molar-refractivity contribution in [3.63, 3.8) is 0 Å². The number of rotatable bonds is 3. The van der Waals surface area contributed by atoms with Gasteiger partial charge < -0.3 is 9.64 Å². The lowest BCUT2D eigenvalue weighted by Crippen LogP contribution is -2.43. The summed E-state index contributed by atoms with van der Waals surface area (Å²) < 4.78 is 17.8. The number of likely N-dealkylation sites (tertiary alicyclic amines) is 1. The van der Waals surface area contributed by atoms with Crippen LogP contribution in [0.15, 0.2) is 24.5 Å². The molecule has 0 aromatic carbocycles. The molecule has 0 unspecified atom stereocenters. The minimum atomic E-state index is -0.911. The van der Waals surface area contributed by atoms with E-state index in [9.17, 15) is 9.00 Å². The molecule has 0 spiro atoms. The molecule has 0 N–H and O–H groups in total. The van der Waals surface area contributed by atoms with Gasteiger partial charge >= 0.3 is 6.09 Å². The molecule has 2 heterocycles. The zero-order chi connectivity index (χ0) is 16.2. The lowest BCUT2D eigenvalue weighted by atomic mass is 10.1. The minimum Gasteiger partial charge on any atom is -0.444 e. The van der Waals surface area contributed by atoms with Gasteiger partial charge in [0.25, 0.3) is 0 Å². The molecule has 1 fully saturated rings. The standard InChI is InChI=1S/C16H24N2O3S/c1-16(2,3)21-15(19)18-10-6-14(7-11-18)22(20)12-13-4-8-17-9-5-13/h4-5,8-9,14H,6-7,10-12H2,1-3H3/t22-/m1/s1. The Labute approximate surface area is 134 Å². The number of hydrogen-bond acceptors (Lipinski definition) is 4. The molecule has 0 radical (unpaired) electrons. The third kappa shape index (κ3) is 5.09. The van der Waals surface area contributed by atoms with E-state index in [4.69, 9.17) is 4.74 Å². The van der Waals surface area contributed by atoms with E-state index in [1.54, 1.807) is 17.3 Å². The predicted molar refractivity (Wildman–Crippen MR) is 86.9 cm³/mol. The van der Waals surface area contributed by atoms with Crippen molar-refractivity contribution < 1.29 is 13.7 Å². The van der Waals surface area contributed by atoms with E-state index in [1.165, 1.54) is 0 Å². The van der Waals surface area contributed by atoms with Crippen LogP contribution in [0.5, 0.6) is 0 Å². The Balaban J connectivity index is 1.82. The predicted octanol–water partition coefficient (Wildman–Crippen LogP) is 2.73. The molecule has 0 aliphatic carbocycles. The molecule has 0 bridgehead atoms. The Morgan fingerprint density at radius 1 is 1.32 bits per heavy atom. The molecule has 122 valence electrons. The number of piperidine rings is 1. The smallest absolute Gasteiger partial charge is 0.410 e. The number of aromatic nitrogens is 1. The first-order chi connectivity index (χ1) is 10.3. The van der Waals surface area contributed by atoms with Crippen molar-refractivity contribution in [2.45, 2.75) is 50.2 Å². The van der Waals surface area contributed by atoms with Crippen LogP contribution in [-0.4, -0.2) is 44.1 Å². The van der Waals surface area contributed by atoms with E-state index < -0.39 is 16.4 Å². The van der Waals surface area contributed by atoms with Gasteiger partial charge in [0, 0.05) is 47.3 Å². The first kappa shape index (κ1) is 16.9. The van der Waals surface area contributed by atoms with Gasteiger partial charge in [0.2, 0.25) is 0 Å². The zero-order valence-corrected chi connectivity index (χ0v) is 14.3. The normalized spacial score (nSPS) is 18.0. The lowest BCUT2D eigenvalue weighted by molar-refractivity contribution is 0.0218. The number of nitrogens with zero attached hydrogens (tertiary/aromatic N) is 2. The number of amides is 1. The third-order valence-corrected chi connectivity index (χ3v) is 5.36. The number of carbonyl (C=O) groups is 1. The van der Waals surface area contributed by atoms with Crippen LogP contribution in [0.4, 0.5) is 4.79 Å². The quantitative estimate of drug-likeness (QED) is 0.858. The lowest BCUT2D eigenvalue weighted by Gasteiger charge is -2.33. The maximum atomic E-state index is 12.4. The highest BCUT2D eigenvalue weighted by molar-refractivity contribution is 7.84. The Bertz CT molecular complexity index is 520. The van der Waals surface area contributed by atoms with E-state index in [-0.39, 0.29) is 11.3 Å². The molecule has 1 amide bonds. The molecule has 1 atom stereocenters. The number of carbonyl (C=O) groups excluding carboxylic acids is 1. The number of ether oxygens (including phenoxy) is 1. The van der Waals surface area contributed by atoms with Gasteiger partial charge in [-0.3, -0.25) is 9.19 Å². The largest absolute Gasteiger partial charge is 0.444 e. The van der Waals surface area contributed by atoms with E-state index in [0.29, 0.717) is 18.8 Å². The molecule has 5 nitrogen and oxygen atoms in total. The van der Waals surface area contributed by atoms with Crippen LogP contribution >= 0.6 is 0 Å². The Hall–Kier alpha value is -1.43. The Kier molecular flexibility index (Phi) is 5.56. The van der Waals surface area contributed by atoms with Gasteiger partial charge in [-0.2, -0.15) is 0 Å². The molecule has 1 aromatic heterocycles. The van der Waals surface area contributed by atoms with Crippen molar-refractivity contribution in [2.24, 2.45) is 0 Å². The second-order valence-electron chi connectivity index (χ2n) is 6.55. The van der Waals surface area contributed by atoms with Crippen molar-refractivity contribution in [3.8, 4) is 0 Å². The van der Waals surface area contributed by atoms with Gasteiger partial charge in [0.1, 0.15) is 5.60 Å². The fourth-order valence-corrected chi connectivity index (χ4v) is 3.88. The molecule has 1 saturated heterocycles. The Morgan fingerprint density at radius 2 is 1.91 bits per heavy atom. The van der Waals surface area contributed by atoms with Crippen molar-refractivity contribution in [1.82, 2.24) is 9.88 Å². The average molecular weight is 324 g/mol. The highest BCUT2D eigenvalue weighted by atomic mass is 32.2. The fourth-order valence-electron chi connectivity index (χ4n) is 2.39. The van der Waals surface area contributed by atoms with Gasteiger partial charge in [0.05, 0.1) is 0 Å². The molecule has 1 aliphatic heterocycles. The maximum absolute atomic E-state index is 12.4. The summed E-state index contributed by atoms with van der Waals surface area (Å²) in [5.74, 6) is 0.555. The molecule has 2 rings (SSSR count). The summed E-state index contributed by atoms with van der Waals surface area (Å²) in [7, 11) is -0.911. The van der Waals surface area contributed by atoms with Crippen molar-refractivity contribution >= 4 is 16.9 Å². The summed E-state index contributed by atoms with van der Waals surface area (Å²) in [6, 6.07) is 3.79. The van der Waals surface area contributed by atoms with E-state index >= 15 is 0 Å². The molecule has 22 heavy (non-hydrogen) atoms. The van der Waals surface area contributed by atoms with Crippen LogP contribution in [0.1, 0.15) is 39.2 Å². The summed E-state index contributed by atoms with van der Waals surface area (Å²) in [4.78, 5) is 17.7. The average Bonchev–Trinajstić information content (AvgIpc) is 2.46. The van der Waals surface area contributed by atoms with Gasteiger partial charge in [-0.15, -0.1) is 0 Å². The van der Waals surface area contributed by atoms with Gasteiger partial charge in [-0.05, 0) is 51.3 Å².